The van der Waals surface area contributed by atoms with E-state index in [2.05, 4.69) is 15.3 Å². The highest BCUT2D eigenvalue weighted by molar-refractivity contribution is 8.03. The Hall–Kier alpha value is -2.54. The largest absolute Gasteiger partial charge is 0.351 e. The number of fused-ring (bicyclic) bond motifs is 1. The molecule has 0 radical (unpaired) electrons. The van der Waals surface area contributed by atoms with Gasteiger partial charge in [-0.15, -0.1) is 0 Å². The molecule has 0 unspecified atom stereocenters. The lowest BCUT2D eigenvalue weighted by atomic mass is 9.92. The minimum absolute atomic E-state index is 0.0657. The van der Waals surface area contributed by atoms with Crippen LogP contribution in [0.2, 0.25) is 5.02 Å². The second-order valence-corrected chi connectivity index (χ2v) is 13.1. The number of aromatic nitrogens is 3. The molecule has 35 heavy (non-hydrogen) atoms. The Bertz CT molecular complexity index is 1520. The summed E-state index contributed by atoms with van der Waals surface area (Å²) in [6, 6.07) is 8.17. The second kappa shape index (κ2) is 9.49. The zero-order valence-corrected chi connectivity index (χ0v) is 21.9. The third-order valence-electron chi connectivity index (χ3n) is 6.09. The monoisotopic (exact) mass is 539 g/mol. The van der Waals surface area contributed by atoms with Crippen LogP contribution in [0.15, 0.2) is 41.3 Å². The molecule has 4 rings (SSSR count). The molecule has 0 saturated heterocycles. The second-order valence-electron chi connectivity index (χ2n) is 8.78. The van der Waals surface area contributed by atoms with Crippen molar-refractivity contribution in [2.75, 3.05) is 17.8 Å². The third kappa shape index (κ3) is 5.35. The van der Waals surface area contributed by atoms with Gasteiger partial charge in [-0.25, -0.2) is 21.8 Å². The first-order valence-corrected chi connectivity index (χ1v) is 15.0. The first-order chi connectivity index (χ1) is 16.4. The summed E-state index contributed by atoms with van der Waals surface area (Å²) in [4.78, 5) is 21.9. The first-order valence-electron chi connectivity index (χ1n) is 10.9. The van der Waals surface area contributed by atoms with Gasteiger partial charge in [0.05, 0.1) is 12.5 Å². The van der Waals surface area contributed by atoms with Gasteiger partial charge in [0, 0.05) is 46.9 Å². The number of halogens is 1. The van der Waals surface area contributed by atoms with Gasteiger partial charge in [0.1, 0.15) is 5.65 Å². The molecule has 13 heteroatoms. The number of benzene rings is 1. The van der Waals surface area contributed by atoms with Crippen LogP contribution in [0.25, 0.3) is 22.2 Å². The summed E-state index contributed by atoms with van der Waals surface area (Å²) in [5, 5.41) is 4.39. The average Bonchev–Trinajstić information content (AvgIpc) is 2.76. The van der Waals surface area contributed by atoms with E-state index in [-0.39, 0.29) is 11.6 Å². The van der Waals surface area contributed by atoms with E-state index in [0.29, 0.717) is 62.5 Å². The SMILES string of the molecule is Cn1c(=O)c(-c2ccccc2Cl)cc2cnc(NC3CCC(N(S(C)(=O)=O)S(C)(=O)=O)CC3)nc21. The molecule has 0 aliphatic heterocycles. The summed E-state index contributed by atoms with van der Waals surface area (Å²) in [6.07, 6.45) is 5.28. The molecule has 1 N–H and O–H groups in total. The number of aryl methyl sites for hydroxylation is 1. The Labute approximate surface area is 209 Å². The van der Waals surface area contributed by atoms with Crippen LogP contribution in [-0.2, 0) is 27.1 Å². The summed E-state index contributed by atoms with van der Waals surface area (Å²) in [7, 11) is -6.16. The van der Waals surface area contributed by atoms with Crippen molar-refractivity contribution < 1.29 is 16.8 Å². The molecule has 2 aromatic heterocycles. The minimum atomic E-state index is -3.90. The summed E-state index contributed by atoms with van der Waals surface area (Å²) in [5.41, 5.74) is 1.30. The lowest BCUT2D eigenvalue weighted by Gasteiger charge is -2.34. The van der Waals surface area contributed by atoms with Gasteiger partial charge in [-0.3, -0.25) is 9.36 Å². The molecule has 0 bridgehead atoms. The fourth-order valence-corrected chi connectivity index (χ4v) is 8.30. The number of nitrogens with zero attached hydrogens (tertiary/aromatic N) is 4. The smallest absolute Gasteiger partial charge is 0.259 e. The molecule has 10 nitrogen and oxygen atoms in total. The fourth-order valence-electron chi connectivity index (χ4n) is 4.59. The lowest BCUT2D eigenvalue weighted by molar-refractivity contribution is 0.316. The van der Waals surface area contributed by atoms with Crippen LogP contribution in [0, 0.1) is 0 Å². The van der Waals surface area contributed by atoms with Crippen molar-refractivity contribution in [3.8, 4) is 11.1 Å². The number of nitrogens with one attached hydrogen (secondary N) is 1. The van der Waals surface area contributed by atoms with Crippen molar-refractivity contribution in [2.24, 2.45) is 7.05 Å². The summed E-state index contributed by atoms with van der Waals surface area (Å²) in [5.74, 6) is 0.338. The molecule has 1 aliphatic carbocycles. The minimum Gasteiger partial charge on any atom is -0.351 e. The average molecular weight is 540 g/mol. The number of hydrogen-bond donors (Lipinski definition) is 1. The van der Waals surface area contributed by atoms with Gasteiger partial charge < -0.3 is 5.32 Å². The van der Waals surface area contributed by atoms with E-state index < -0.39 is 26.1 Å². The predicted octanol–water partition coefficient (Wildman–Crippen LogP) is 2.59. The Kier molecular flexibility index (Phi) is 6.93. The van der Waals surface area contributed by atoms with Gasteiger partial charge in [-0.2, -0.15) is 4.98 Å². The zero-order chi connectivity index (χ0) is 25.5. The van der Waals surface area contributed by atoms with E-state index in [1.165, 1.54) is 4.57 Å². The summed E-state index contributed by atoms with van der Waals surface area (Å²) in [6.45, 7) is 0. The molecule has 0 amide bonds. The van der Waals surface area contributed by atoms with Crippen LogP contribution >= 0.6 is 11.6 Å². The maximum absolute atomic E-state index is 13.0. The van der Waals surface area contributed by atoms with E-state index in [4.69, 9.17) is 11.6 Å². The molecule has 0 atom stereocenters. The molecule has 1 aromatic carbocycles. The maximum Gasteiger partial charge on any atom is 0.259 e. The Balaban J connectivity index is 1.55. The van der Waals surface area contributed by atoms with E-state index in [0.717, 1.165) is 12.5 Å². The maximum atomic E-state index is 13.0. The topological polar surface area (TPSA) is 131 Å². The number of pyridine rings is 1. The summed E-state index contributed by atoms with van der Waals surface area (Å²) >= 11 is 6.29. The van der Waals surface area contributed by atoms with Crippen molar-refractivity contribution in [2.45, 2.75) is 37.8 Å². The molecule has 188 valence electrons. The molecule has 0 spiro atoms. The van der Waals surface area contributed by atoms with E-state index in [9.17, 15) is 21.6 Å². The van der Waals surface area contributed by atoms with Gasteiger partial charge in [-0.05, 0) is 37.8 Å². The zero-order valence-electron chi connectivity index (χ0n) is 19.5. The van der Waals surface area contributed by atoms with Crippen molar-refractivity contribution >= 4 is 48.6 Å². The van der Waals surface area contributed by atoms with Gasteiger partial charge in [0.2, 0.25) is 26.0 Å². The van der Waals surface area contributed by atoms with E-state index in [1.807, 2.05) is 6.07 Å². The van der Waals surface area contributed by atoms with Crippen LogP contribution in [0.5, 0.6) is 0 Å². The van der Waals surface area contributed by atoms with Gasteiger partial charge >= 0.3 is 0 Å². The van der Waals surface area contributed by atoms with Gasteiger partial charge in [-0.1, -0.05) is 33.5 Å². The van der Waals surface area contributed by atoms with E-state index >= 15 is 0 Å². The normalized spacial score (nSPS) is 19.2. The molecular formula is C22H26ClN5O5S2. The van der Waals surface area contributed by atoms with Crippen LogP contribution in [0.4, 0.5) is 5.95 Å². The van der Waals surface area contributed by atoms with Crippen molar-refractivity contribution in [3.05, 3.63) is 51.9 Å². The fraction of sp³-hybridized carbons (Fsp3) is 0.409. The Morgan fingerprint density at radius 3 is 2.26 bits per heavy atom. The Morgan fingerprint density at radius 2 is 1.66 bits per heavy atom. The highest BCUT2D eigenvalue weighted by Gasteiger charge is 2.37. The van der Waals surface area contributed by atoms with Crippen LogP contribution in [0.3, 0.4) is 0 Å². The van der Waals surface area contributed by atoms with E-state index in [1.54, 1.807) is 37.5 Å². The highest BCUT2D eigenvalue weighted by atomic mass is 35.5. The highest BCUT2D eigenvalue weighted by Crippen LogP contribution is 2.29. The molecule has 1 fully saturated rings. The van der Waals surface area contributed by atoms with Crippen molar-refractivity contribution in [1.29, 1.82) is 0 Å². The lowest BCUT2D eigenvalue weighted by Crippen LogP contribution is -2.46. The number of anilines is 1. The molecule has 1 saturated carbocycles. The number of hydrogen-bond acceptors (Lipinski definition) is 8. The van der Waals surface area contributed by atoms with Crippen molar-refractivity contribution in [1.82, 2.24) is 18.2 Å². The quantitative estimate of drug-likeness (QED) is 0.505. The van der Waals surface area contributed by atoms with Crippen LogP contribution < -0.4 is 10.9 Å². The standard InChI is InChI=1S/C22H26ClN5O5S2/c1-27-20-14(12-18(21(27)29)17-6-4-5-7-19(17)23)13-24-22(26-20)25-15-8-10-16(11-9-15)28(34(2,30)31)35(3,32)33/h4-7,12-13,15-16H,8-11H2,1-3H3,(H,24,25,26). The number of sulfonamides is 2. The van der Waals surface area contributed by atoms with Crippen LogP contribution in [-0.4, -0.2) is 59.7 Å². The Morgan fingerprint density at radius 1 is 1.03 bits per heavy atom. The van der Waals surface area contributed by atoms with Gasteiger partial charge in [0.15, 0.2) is 0 Å². The first kappa shape index (κ1) is 25.5. The third-order valence-corrected chi connectivity index (χ3v) is 9.95. The molecular weight excluding hydrogens is 514 g/mol. The van der Waals surface area contributed by atoms with Crippen LogP contribution in [0.1, 0.15) is 25.7 Å². The number of rotatable bonds is 6. The molecule has 2 heterocycles. The summed E-state index contributed by atoms with van der Waals surface area (Å²) < 4.78 is 50.2. The predicted molar refractivity (Wildman–Crippen MR) is 136 cm³/mol. The van der Waals surface area contributed by atoms with Crippen molar-refractivity contribution in [3.63, 3.8) is 0 Å². The molecule has 3 aromatic rings. The molecule has 1 aliphatic rings. The van der Waals surface area contributed by atoms with Gasteiger partial charge in [0.25, 0.3) is 5.56 Å².